The second-order valence-electron chi connectivity index (χ2n) is 14.0. The number of imide groups is 1. The molecule has 44 heavy (non-hydrogen) atoms. The van der Waals surface area contributed by atoms with E-state index in [0.29, 0.717) is 24.3 Å². The molecule has 3 amide bonds. The van der Waals surface area contributed by atoms with Gasteiger partial charge < -0.3 is 10.0 Å². The minimum Gasteiger partial charge on any atom is -0.370 e. The van der Waals surface area contributed by atoms with Crippen molar-refractivity contribution in [3.05, 3.63) is 24.3 Å². The standard InChI is InChI=1S/C37H62N2O4S/c1-3-4-5-13-19-31-21-20-30(18-14-8-6-7-10-15-26-38-33(40)22-23-34(38)41)32(37(31)44)28-29(2)17-12-9-11-16-27-39-35(42)24-25-36(39)43/h22-25,29-32,35,37,42,44H,3-21,26-28H2,1-2H3/t29-,30?,31?,32?,35?,37?/m0/s1. The molecule has 1 saturated carbocycles. The highest BCUT2D eigenvalue weighted by Crippen LogP contribution is 2.45. The predicted molar refractivity (Wildman–Crippen MR) is 183 cm³/mol. The molecule has 0 saturated heterocycles. The third-order valence-corrected chi connectivity index (χ3v) is 11.3. The van der Waals surface area contributed by atoms with Crippen LogP contribution in [0.3, 0.4) is 0 Å². The summed E-state index contributed by atoms with van der Waals surface area (Å²) in [6.07, 6.45) is 29.8. The number of hydrogen-bond donors (Lipinski definition) is 2. The molecule has 0 spiro atoms. The van der Waals surface area contributed by atoms with Crippen LogP contribution in [0, 0.1) is 23.7 Å². The molecule has 0 aromatic heterocycles. The third-order valence-electron chi connectivity index (χ3n) is 10.5. The maximum atomic E-state index is 11.8. The number of rotatable bonds is 23. The van der Waals surface area contributed by atoms with E-state index in [2.05, 4.69) is 13.8 Å². The highest BCUT2D eigenvalue weighted by atomic mass is 32.1. The summed E-state index contributed by atoms with van der Waals surface area (Å²) >= 11 is 5.34. The number of nitrogens with zero attached hydrogens (tertiary/aromatic N) is 2. The van der Waals surface area contributed by atoms with Gasteiger partial charge in [-0.2, -0.15) is 12.6 Å². The number of amides is 3. The van der Waals surface area contributed by atoms with Crippen LogP contribution >= 0.6 is 12.6 Å². The molecule has 2 aliphatic heterocycles. The van der Waals surface area contributed by atoms with Gasteiger partial charge in [-0.15, -0.1) is 0 Å². The van der Waals surface area contributed by atoms with Gasteiger partial charge in [0.05, 0.1) is 0 Å². The molecule has 2 heterocycles. The van der Waals surface area contributed by atoms with Crippen molar-refractivity contribution in [3.63, 3.8) is 0 Å². The Labute approximate surface area is 273 Å². The Hall–Kier alpha value is -1.60. The van der Waals surface area contributed by atoms with E-state index in [1.807, 2.05) is 0 Å². The molecule has 1 fully saturated rings. The predicted octanol–water partition coefficient (Wildman–Crippen LogP) is 8.25. The average Bonchev–Trinajstić information content (AvgIpc) is 3.50. The molecule has 0 bridgehead atoms. The summed E-state index contributed by atoms with van der Waals surface area (Å²) in [5, 5.41) is 10.4. The molecule has 0 aromatic rings. The topological polar surface area (TPSA) is 77.9 Å². The van der Waals surface area contributed by atoms with Gasteiger partial charge in [-0.05, 0) is 68.3 Å². The molecule has 250 valence electrons. The highest BCUT2D eigenvalue weighted by Gasteiger charge is 2.37. The molecule has 3 rings (SSSR count). The summed E-state index contributed by atoms with van der Waals surface area (Å²) < 4.78 is 0. The van der Waals surface area contributed by atoms with E-state index in [1.54, 1.807) is 11.0 Å². The largest absolute Gasteiger partial charge is 0.370 e. The van der Waals surface area contributed by atoms with Crippen LogP contribution in [0.5, 0.6) is 0 Å². The summed E-state index contributed by atoms with van der Waals surface area (Å²) in [6, 6.07) is 0. The number of unbranched alkanes of at least 4 members (excludes halogenated alkanes) is 11. The number of carbonyl (C=O) groups excluding carboxylic acids is 3. The third kappa shape index (κ3) is 12.3. The van der Waals surface area contributed by atoms with Crippen LogP contribution in [0.1, 0.15) is 142 Å². The van der Waals surface area contributed by atoms with Crippen molar-refractivity contribution in [1.29, 1.82) is 0 Å². The van der Waals surface area contributed by atoms with E-state index in [9.17, 15) is 19.5 Å². The second kappa shape index (κ2) is 20.5. The van der Waals surface area contributed by atoms with Crippen LogP contribution in [-0.2, 0) is 14.4 Å². The van der Waals surface area contributed by atoms with E-state index in [-0.39, 0.29) is 17.7 Å². The monoisotopic (exact) mass is 630 g/mol. The lowest BCUT2D eigenvalue weighted by Crippen LogP contribution is -2.37. The zero-order chi connectivity index (χ0) is 31.7. The van der Waals surface area contributed by atoms with Crippen LogP contribution in [0.4, 0.5) is 0 Å². The molecule has 3 aliphatic rings. The summed E-state index contributed by atoms with van der Waals surface area (Å²) in [5.74, 6) is 2.60. The normalized spacial score (nSPS) is 26.0. The fraction of sp³-hybridized carbons (Fsp3) is 0.811. The van der Waals surface area contributed by atoms with Gasteiger partial charge in [-0.1, -0.05) is 104 Å². The average molecular weight is 631 g/mol. The van der Waals surface area contributed by atoms with Crippen LogP contribution < -0.4 is 0 Å². The first-order chi connectivity index (χ1) is 21.3. The Bertz CT molecular complexity index is 918. The smallest absolute Gasteiger partial charge is 0.253 e. The van der Waals surface area contributed by atoms with Gasteiger partial charge in [-0.3, -0.25) is 19.3 Å². The maximum Gasteiger partial charge on any atom is 0.253 e. The SMILES string of the molecule is CCCCCCC1CCC(CCCCCCCCN2C(=O)C=CC2=O)C(C[C@@H](C)CCCCCCN2C(=O)C=CC2O)C1S. The van der Waals surface area contributed by atoms with E-state index < -0.39 is 6.23 Å². The Morgan fingerprint density at radius 3 is 1.98 bits per heavy atom. The fourth-order valence-corrected chi connectivity index (χ4v) is 8.43. The molecular weight excluding hydrogens is 568 g/mol. The summed E-state index contributed by atoms with van der Waals surface area (Å²) in [5.41, 5.74) is 0. The van der Waals surface area contributed by atoms with Gasteiger partial charge in [-0.25, -0.2) is 0 Å². The molecule has 1 N–H and O–H groups in total. The molecule has 5 unspecified atom stereocenters. The van der Waals surface area contributed by atoms with E-state index in [0.717, 1.165) is 43.4 Å². The molecule has 1 aliphatic carbocycles. The first-order valence-electron chi connectivity index (χ1n) is 18.2. The van der Waals surface area contributed by atoms with Crippen molar-refractivity contribution in [2.24, 2.45) is 23.7 Å². The van der Waals surface area contributed by atoms with Gasteiger partial charge in [0.15, 0.2) is 0 Å². The lowest BCUT2D eigenvalue weighted by Gasteiger charge is -2.43. The molecule has 6 nitrogen and oxygen atoms in total. The first kappa shape index (κ1) is 36.9. The molecular formula is C37H62N2O4S. The molecule has 0 radical (unpaired) electrons. The van der Waals surface area contributed by atoms with Crippen LogP contribution in [-0.4, -0.2) is 57.2 Å². The lowest BCUT2D eigenvalue weighted by molar-refractivity contribution is -0.137. The summed E-state index contributed by atoms with van der Waals surface area (Å²) in [6.45, 7) is 5.94. The Kier molecular flexibility index (Phi) is 17.2. The van der Waals surface area contributed by atoms with Crippen LogP contribution in [0.15, 0.2) is 24.3 Å². The van der Waals surface area contributed by atoms with Gasteiger partial charge in [0, 0.05) is 36.6 Å². The van der Waals surface area contributed by atoms with Crippen molar-refractivity contribution < 1.29 is 19.5 Å². The van der Waals surface area contributed by atoms with Crippen LogP contribution in [0.25, 0.3) is 0 Å². The quantitative estimate of drug-likeness (QED) is 0.0677. The van der Waals surface area contributed by atoms with Gasteiger partial charge in [0.2, 0.25) is 5.91 Å². The van der Waals surface area contributed by atoms with Gasteiger partial charge in [0.1, 0.15) is 6.23 Å². The Morgan fingerprint density at radius 1 is 0.750 bits per heavy atom. The first-order valence-corrected chi connectivity index (χ1v) is 18.7. The Morgan fingerprint density at radius 2 is 1.32 bits per heavy atom. The number of aliphatic hydroxyl groups is 1. The minimum atomic E-state index is -0.737. The highest BCUT2D eigenvalue weighted by molar-refractivity contribution is 7.81. The number of carbonyl (C=O) groups is 3. The molecule has 6 atom stereocenters. The second-order valence-corrected chi connectivity index (χ2v) is 14.6. The maximum absolute atomic E-state index is 11.8. The van der Waals surface area contributed by atoms with Crippen molar-refractivity contribution in [3.8, 4) is 0 Å². The van der Waals surface area contributed by atoms with Crippen molar-refractivity contribution in [2.75, 3.05) is 13.1 Å². The van der Waals surface area contributed by atoms with E-state index in [4.69, 9.17) is 12.6 Å². The summed E-state index contributed by atoms with van der Waals surface area (Å²) in [4.78, 5) is 38.1. The van der Waals surface area contributed by atoms with Crippen molar-refractivity contribution >= 4 is 30.4 Å². The minimum absolute atomic E-state index is 0.0681. The van der Waals surface area contributed by atoms with E-state index in [1.165, 1.54) is 126 Å². The zero-order valence-electron chi connectivity index (χ0n) is 27.8. The van der Waals surface area contributed by atoms with Crippen molar-refractivity contribution in [1.82, 2.24) is 9.80 Å². The summed E-state index contributed by atoms with van der Waals surface area (Å²) in [7, 11) is 0. The van der Waals surface area contributed by atoms with Gasteiger partial charge in [0.25, 0.3) is 11.8 Å². The van der Waals surface area contributed by atoms with Crippen molar-refractivity contribution in [2.45, 2.75) is 154 Å². The lowest BCUT2D eigenvalue weighted by atomic mass is 9.67. The number of thiol groups is 1. The van der Waals surface area contributed by atoms with E-state index >= 15 is 0 Å². The zero-order valence-corrected chi connectivity index (χ0v) is 28.7. The Balaban J connectivity index is 1.35. The van der Waals surface area contributed by atoms with Gasteiger partial charge >= 0.3 is 0 Å². The van der Waals surface area contributed by atoms with Crippen LogP contribution in [0.2, 0.25) is 0 Å². The molecule has 0 aromatic carbocycles. The fourth-order valence-electron chi connectivity index (χ4n) is 7.77. The number of hydrogen-bond acceptors (Lipinski definition) is 5. The molecule has 7 heteroatoms. The number of aliphatic hydroxyl groups excluding tert-OH is 1.